The van der Waals surface area contributed by atoms with Crippen molar-refractivity contribution in [1.29, 1.82) is 5.26 Å². The predicted molar refractivity (Wildman–Crippen MR) is 124 cm³/mol. The number of nitrogens with zero attached hydrogens (tertiary/aromatic N) is 5. The normalized spacial score (nSPS) is 16.9. The van der Waals surface area contributed by atoms with Gasteiger partial charge in [0.25, 0.3) is 11.5 Å². The van der Waals surface area contributed by atoms with Crippen LogP contribution >= 0.6 is 0 Å². The van der Waals surface area contributed by atoms with E-state index in [0.717, 1.165) is 37.3 Å². The van der Waals surface area contributed by atoms with E-state index in [1.165, 1.54) is 30.1 Å². The van der Waals surface area contributed by atoms with Gasteiger partial charge in [0.2, 0.25) is 0 Å². The zero-order valence-corrected chi connectivity index (χ0v) is 18.6. The molecule has 2 fully saturated rings. The van der Waals surface area contributed by atoms with Crippen LogP contribution in [0.5, 0.6) is 0 Å². The number of nitriles is 1. The summed E-state index contributed by atoms with van der Waals surface area (Å²) in [6.45, 7) is 5.20. The quantitative estimate of drug-likeness (QED) is 0.670. The van der Waals surface area contributed by atoms with Crippen molar-refractivity contribution in [2.75, 3.05) is 26.2 Å². The molecule has 8 heteroatoms. The molecule has 0 bridgehead atoms. The van der Waals surface area contributed by atoms with Crippen LogP contribution in [0.3, 0.4) is 0 Å². The first-order valence-corrected chi connectivity index (χ1v) is 11.4. The number of aryl methyl sites for hydroxylation is 1. The Hall–Kier alpha value is -3.70. The monoisotopic (exact) mass is 442 g/mol. The molecule has 3 aromatic rings. The minimum absolute atomic E-state index is 0.0185. The van der Waals surface area contributed by atoms with Crippen LogP contribution < -0.4 is 5.56 Å². The van der Waals surface area contributed by atoms with Crippen molar-refractivity contribution in [1.82, 2.24) is 24.6 Å². The van der Waals surface area contributed by atoms with Gasteiger partial charge in [-0.2, -0.15) is 5.26 Å². The van der Waals surface area contributed by atoms with Gasteiger partial charge in [-0.25, -0.2) is 9.67 Å². The number of amides is 1. The highest BCUT2D eigenvalue weighted by molar-refractivity contribution is 5.94. The van der Waals surface area contributed by atoms with Gasteiger partial charge in [0, 0.05) is 44.6 Å². The maximum Gasteiger partial charge on any atom is 0.280 e. The minimum atomic E-state index is -0.235. The number of aromatic amines is 1. The number of piperazine rings is 1. The summed E-state index contributed by atoms with van der Waals surface area (Å²) in [5.74, 6) is 0.402. The van der Waals surface area contributed by atoms with Gasteiger partial charge in [-0.15, -0.1) is 0 Å². The van der Waals surface area contributed by atoms with Crippen LogP contribution in [0.4, 0.5) is 0 Å². The van der Waals surface area contributed by atoms with Crippen molar-refractivity contribution in [3.05, 3.63) is 69.8 Å². The number of pyridine rings is 1. The van der Waals surface area contributed by atoms with E-state index in [2.05, 4.69) is 21.1 Å². The zero-order chi connectivity index (χ0) is 22.9. The van der Waals surface area contributed by atoms with E-state index in [4.69, 9.17) is 5.26 Å². The van der Waals surface area contributed by atoms with Crippen LogP contribution in [0.25, 0.3) is 16.9 Å². The molecule has 8 nitrogen and oxygen atoms in total. The molecule has 1 aliphatic heterocycles. The van der Waals surface area contributed by atoms with Gasteiger partial charge in [0.05, 0.1) is 22.8 Å². The minimum Gasteiger partial charge on any atom is -0.336 e. The Morgan fingerprint density at radius 2 is 1.91 bits per heavy atom. The highest BCUT2D eigenvalue weighted by atomic mass is 16.2. The Balaban J connectivity index is 1.31. The molecule has 1 saturated heterocycles. The van der Waals surface area contributed by atoms with Gasteiger partial charge >= 0.3 is 0 Å². The van der Waals surface area contributed by atoms with Gasteiger partial charge in [-0.05, 0) is 55.2 Å². The fraction of sp³-hybridized carbons (Fsp3) is 0.360. The lowest BCUT2D eigenvalue weighted by atomic mass is 9.91. The van der Waals surface area contributed by atoms with E-state index in [1.54, 1.807) is 36.5 Å². The zero-order valence-electron chi connectivity index (χ0n) is 18.6. The smallest absolute Gasteiger partial charge is 0.280 e. The van der Waals surface area contributed by atoms with Crippen molar-refractivity contribution in [2.45, 2.75) is 32.2 Å². The summed E-state index contributed by atoms with van der Waals surface area (Å²) in [7, 11) is 0. The number of hydrogen-bond acceptors (Lipinski definition) is 5. The first-order valence-electron chi connectivity index (χ1n) is 11.4. The standard InChI is InChI=1S/C25H26N6O2/c1-17-13-18(14-26)5-7-21(17)22-16-28-31(25(22)33)23-8-6-19(15-27-23)24(32)30-11-9-29(10-12-30)20-3-2-4-20/h5-8,13,15-16,20,28H,2-4,9-12H2,1H3. The van der Waals surface area contributed by atoms with Crippen LogP contribution in [-0.2, 0) is 0 Å². The molecule has 168 valence electrons. The number of nitrogens with one attached hydrogen (secondary N) is 1. The highest BCUT2D eigenvalue weighted by Gasteiger charge is 2.29. The number of carbonyl (C=O) groups is 1. The molecule has 0 atom stereocenters. The average molecular weight is 443 g/mol. The molecule has 3 heterocycles. The average Bonchev–Trinajstić information content (AvgIpc) is 3.19. The molecule has 1 saturated carbocycles. The number of carbonyl (C=O) groups excluding carboxylic acids is 1. The van der Waals surface area contributed by atoms with Gasteiger partial charge in [-0.3, -0.25) is 19.6 Å². The lowest BCUT2D eigenvalue weighted by Crippen LogP contribution is -2.53. The summed E-state index contributed by atoms with van der Waals surface area (Å²) in [6.07, 6.45) is 7.06. The first kappa shape index (κ1) is 21.2. The lowest BCUT2D eigenvalue weighted by molar-refractivity contribution is 0.0455. The molecule has 5 rings (SSSR count). The SMILES string of the molecule is Cc1cc(C#N)ccc1-c1c[nH]n(-c2ccc(C(=O)N3CCN(C4CCC4)CC3)cn2)c1=O. The van der Waals surface area contributed by atoms with E-state index in [0.29, 0.717) is 28.6 Å². The summed E-state index contributed by atoms with van der Waals surface area (Å²) in [6, 6.07) is 11.5. The molecule has 0 spiro atoms. The van der Waals surface area contributed by atoms with Crippen LogP contribution in [0, 0.1) is 18.3 Å². The highest BCUT2D eigenvalue weighted by Crippen LogP contribution is 2.26. The van der Waals surface area contributed by atoms with Crippen LogP contribution in [0.15, 0.2) is 47.5 Å². The second kappa shape index (κ2) is 8.68. The molecular formula is C25H26N6O2. The molecule has 1 aliphatic carbocycles. The number of rotatable bonds is 4. The first-order chi connectivity index (χ1) is 16.0. The fourth-order valence-corrected chi connectivity index (χ4v) is 4.64. The molecule has 1 amide bonds. The third-order valence-corrected chi connectivity index (χ3v) is 6.83. The fourth-order valence-electron chi connectivity index (χ4n) is 4.64. The Morgan fingerprint density at radius 1 is 1.12 bits per heavy atom. The van der Waals surface area contributed by atoms with Crippen LogP contribution in [0.1, 0.15) is 40.7 Å². The molecule has 33 heavy (non-hydrogen) atoms. The third kappa shape index (κ3) is 3.96. The van der Waals surface area contributed by atoms with Gasteiger partial charge in [0.1, 0.15) is 0 Å². The summed E-state index contributed by atoms with van der Waals surface area (Å²) in [5.41, 5.74) is 2.97. The largest absolute Gasteiger partial charge is 0.336 e. The number of H-pyrrole nitrogens is 1. The molecular weight excluding hydrogens is 416 g/mol. The second-order valence-electron chi connectivity index (χ2n) is 8.79. The summed E-state index contributed by atoms with van der Waals surface area (Å²) >= 11 is 0. The van der Waals surface area contributed by atoms with Crippen molar-refractivity contribution >= 4 is 5.91 Å². The number of hydrogen-bond donors (Lipinski definition) is 1. The Kier molecular flexibility index (Phi) is 5.56. The van der Waals surface area contributed by atoms with E-state index in [9.17, 15) is 9.59 Å². The topological polar surface area (TPSA) is 98.0 Å². The van der Waals surface area contributed by atoms with E-state index in [1.807, 2.05) is 11.8 Å². The van der Waals surface area contributed by atoms with E-state index in [-0.39, 0.29) is 11.5 Å². The maximum absolute atomic E-state index is 13.0. The number of benzene rings is 1. The Bertz CT molecular complexity index is 1270. The molecule has 1 aromatic carbocycles. The van der Waals surface area contributed by atoms with Crippen LogP contribution in [-0.4, -0.2) is 62.7 Å². The van der Waals surface area contributed by atoms with Crippen molar-refractivity contribution in [3.63, 3.8) is 0 Å². The second-order valence-corrected chi connectivity index (χ2v) is 8.79. The molecule has 0 radical (unpaired) electrons. The Labute approximate surface area is 192 Å². The van der Waals surface area contributed by atoms with Crippen molar-refractivity contribution in [3.8, 4) is 23.0 Å². The summed E-state index contributed by atoms with van der Waals surface area (Å²) in [4.78, 5) is 34.7. The van der Waals surface area contributed by atoms with Crippen molar-refractivity contribution < 1.29 is 4.79 Å². The Morgan fingerprint density at radius 3 is 2.52 bits per heavy atom. The number of aromatic nitrogens is 3. The summed E-state index contributed by atoms with van der Waals surface area (Å²) in [5, 5.41) is 12.0. The molecule has 2 aliphatic rings. The maximum atomic E-state index is 13.0. The van der Waals surface area contributed by atoms with E-state index < -0.39 is 0 Å². The third-order valence-electron chi connectivity index (χ3n) is 6.83. The van der Waals surface area contributed by atoms with Gasteiger partial charge in [-0.1, -0.05) is 12.5 Å². The molecule has 2 aromatic heterocycles. The van der Waals surface area contributed by atoms with E-state index >= 15 is 0 Å². The summed E-state index contributed by atoms with van der Waals surface area (Å²) < 4.78 is 1.36. The van der Waals surface area contributed by atoms with Gasteiger partial charge < -0.3 is 4.90 Å². The molecule has 0 unspecified atom stereocenters. The van der Waals surface area contributed by atoms with Gasteiger partial charge in [0.15, 0.2) is 5.82 Å². The lowest BCUT2D eigenvalue weighted by Gasteiger charge is -2.42. The predicted octanol–water partition coefficient (Wildman–Crippen LogP) is 2.72. The van der Waals surface area contributed by atoms with Crippen LogP contribution in [0.2, 0.25) is 0 Å². The van der Waals surface area contributed by atoms with Crippen molar-refractivity contribution in [2.24, 2.45) is 0 Å². The molecule has 1 N–H and O–H groups in total.